The fourth-order valence-electron chi connectivity index (χ4n) is 1.76. The topological polar surface area (TPSA) is 66.4 Å². The van der Waals surface area contributed by atoms with Crippen molar-refractivity contribution in [2.75, 3.05) is 5.32 Å². The van der Waals surface area contributed by atoms with Crippen LogP contribution in [0.2, 0.25) is 0 Å². The molecule has 1 amide bonds. The largest absolute Gasteiger partial charge is 0.478 e. The molecule has 20 heavy (non-hydrogen) atoms. The number of amides is 1. The zero-order valence-corrected chi connectivity index (χ0v) is 13.3. The molecule has 4 nitrogen and oxygen atoms in total. The Bertz CT molecular complexity index is 674. The van der Waals surface area contributed by atoms with Crippen molar-refractivity contribution in [2.45, 2.75) is 13.8 Å². The van der Waals surface area contributed by atoms with Crippen molar-refractivity contribution in [3.05, 3.63) is 49.6 Å². The highest BCUT2D eigenvalue weighted by molar-refractivity contribution is 9.11. The van der Waals surface area contributed by atoms with E-state index in [4.69, 9.17) is 5.11 Å². The van der Waals surface area contributed by atoms with Gasteiger partial charge in [-0.15, -0.1) is 11.3 Å². The third-order valence-electron chi connectivity index (χ3n) is 2.89. The first-order chi connectivity index (χ1) is 9.40. The molecule has 0 bridgehead atoms. The van der Waals surface area contributed by atoms with Crippen LogP contribution in [0.3, 0.4) is 0 Å². The number of hydrogen-bond donors (Lipinski definition) is 2. The van der Waals surface area contributed by atoms with Crippen LogP contribution in [0.25, 0.3) is 0 Å². The smallest absolute Gasteiger partial charge is 0.336 e. The number of halogens is 1. The first-order valence-corrected chi connectivity index (χ1v) is 7.41. The van der Waals surface area contributed by atoms with E-state index >= 15 is 0 Å². The zero-order valence-electron chi connectivity index (χ0n) is 10.9. The van der Waals surface area contributed by atoms with E-state index in [1.54, 1.807) is 25.1 Å². The molecule has 0 atom stereocenters. The van der Waals surface area contributed by atoms with Gasteiger partial charge < -0.3 is 10.4 Å². The molecule has 1 aromatic heterocycles. The van der Waals surface area contributed by atoms with Crippen LogP contribution in [0.15, 0.2) is 28.1 Å². The molecule has 0 aliphatic carbocycles. The van der Waals surface area contributed by atoms with Gasteiger partial charge in [0, 0.05) is 5.69 Å². The third-order valence-corrected chi connectivity index (χ3v) is 5.03. The van der Waals surface area contributed by atoms with Gasteiger partial charge in [0.25, 0.3) is 5.91 Å². The number of hydrogen-bond acceptors (Lipinski definition) is 3. The number of rotatable bonds is 3. The van der Waals surface area contributed by atoms with Gasteiger partial charge in [-0.3, -0.25) is 4.79 Å². The molecule has 6 heteroatoms. The summed E-state index contributed by atoms with van der Waals surface area (Å²) in [4.78, 5) is 23.8. The Kier molecular flexibility index (Phi) is 4.25. The normalized spacial score (nSPS) is 10.3. The molecule has 2 rings (SSSR count). The molecule has 0 saturated heterocycles. The molecular weight excluding hydrogens is 342 g/mol. The van der Waals surface area contributed by atoms with Crippen molar-refractivity contribution in [3.8, 4) is 0 Å². The number of aryl methyl sites for hydroxylation is 1. The predicted molar refractivity (Wildman–Crippen MR) is 82.8 cm³/mol. The lowest BCUT2D eigenvalue weighted by Gasteiger charge is -2.09. The Morgan fingerprint density at radius 1 is 1.30 bits per heavy atom. The average Bonchev–Trinajstić information content (AvgIpc) is 2.72. The second-order valence-electron chi connectivity index (χ2n) is 4.30. The van der Waals surface area contributed by atoms with Gasteiger partial charge in [0.05, 0.1) is 14.2 Å². The maximum atomic E-state index is 12.1. The fraction of sp³-hybridized carbons (Fsp3) is 0.143. The summed E-state index contributed by atoms with van der Waals surface area (Å²) in [7, 11) is 0. The first kappa shape index (κ1) is 14.7. The van der Waals surface area contributed by atoms with Crippen LogP contribution in [0.1, 0.15) is 31.2 Å². The van der Waals surface area contributed by atoms with Gasteiger partial charge in [-0.25, -0.2) is 4.79 Å². The summed E-state index contributed by atoms with van der Waals surface area (Å²) < 4.78 is 0.915. The van der Waals surface area contributed by atoms with Crippen molar-refractivity contribution in [1.82, 2.24) is 0 Å². The van der Waals surface area contributed by atoms with Crippen LogP contribution in [-0.2, 0) is 0 Å². The van der Waals surface area contributed by atoms with Gasteiger partial charge in [-0.1, -0.05) is 6.07 Å². The number of carbonyl (C=O) groups excluding carboxylic acids is 1. The number of thiophene rings is 1. The van der Waals surface area contributed by atoms with E-state index in [1.807, 2.05) is 6.92 Å². The Morgan fingerprint density at radius 2 is 2.00 bits per heavy atom. The maximum absolute atomic E-state index is 12.1. The van der Waals surface area contributed by atoms with E-state index in [9.17, 15) is 9.59 Å². The molecule has 104 valence electrons. The molecule has 1 heterocycles. The summed E-state index contributed by atoms with van der Waals surface area (Å²) in [5, 5.41) is 11.8. The summed E-state index contributed by atoms with van der Waals surface area (Å²) in [5.74, 6) is -1.25. The summed E-state index contributed by atoms with van der Waals surface area (Å²) in [6.45, 7) is 3.59. The molecule has 2 aromatic rings. The van der Waals surface area contributed by atoms with Gasteiger partial charge in [-0.05, 0) is 59.1 Å². The van der Waals surface area contributed by atoms with Crippen LogP contribution < -0.4 is 5.32 Å². The van der Waals surface area contributed by atoms with E-state index in [0.717, 1.165) is 9.35 Å². The molecule has 0 radical (unpaired) electrons. The molecule has 0 aliphatic rings. The van der Waals surface area contributed by atoms with Crippen molar-refractivity contribution in [3.63, 3.8) is 0 Å². The van der Waals surface area contributed by atoms with E-state index in [2.05, 4.69) is 21.2 Å². The van der Waals surface area contributed by atoms with Crippen LogP contribution in [-0.4, -0.2) is 17.0 Å². The molecule has 0 saturated carbocycles. The molecule has 0 spiro atoms. The molecule has 0 aliphatic heterocycles. The fourth-order valence-corrected chi connectivity index (χ4v) is 3.19. The van der Waals surface area contributed by atoms with Gasteiger partial charge in [-0.2, -0.15) is 0 Å². The van der Waals surface area contributed by atoms with E-state index in [0.29, 0.717) is 16.1 Å². The second-order valence-corrected chi connectivity index (χ2v) is 6.67. The molecule has 0 fully saturated rings. The minimum absolute atomic E-state index is 0.186. The molecule has 0 unspecified atom stereocenters. The number of aromatic carboxylic acids is 1. The lowest BCUT2D eigenvalue weighted by molar-refractivity contribution is 0.0695. The third kappa shape index (κ3) is 2.91. The maximum Gasteiger partial charge on any atom is 0.336 e. The minimum atomic E-state index is -1.01. The average molecular weight is 354 g/mol. The lowest BCUT2D eigenvalue weighted by Crippen LogP contribution is -2.12. The van der Waals surface area contributed by atoms with E-state index in [1.165, 1.54) is 17.4 Å². The number of anilines is 1. The standard InChI is InChI=1S/C14H12BrNO3S/c1-7-6-11(20-12(7)15)13(17)16-10-5-3-4-9(8(10)2)14(18)19/h3-6H,1-2H3,(H,16,17)(H,18,19). The Balaban J connectivity index is 2.28. The highest BCUT2D eigenvalue weighted by Gasteiger charge is 2.15. The first-order valence-electron chi connectivity index (χ1n) is 5.80. The summed E-state index contributed by atoms with van der Waals surface area (Å²) in [6, 6.07) is 6.61. The van der Waals surface area contributed by atoms with Crippen LogP contribution >= 0.6 is 27.3 Å². The molecule has 2 N–H and O–H groups in total. The van der Waals surface area contributed by atoms with Crippen molar-refractivity contribution in [2.24, 2.45) is 0 Å². The Morgan fingerprint density at radius 3 is 2.55 bits per heavy atom. The number of nitrogens with one attached hydrogen (secondary N) is 1. The van der Waals surface area contributed by atoms with Gasteiger partial charge >= 0.3 is 5.97 Å². The van der Waals surface area contributed by atoms with Crippen LogP contribution in [0.4, 0.5) is 5.69 Å². The summed E-state index contributed by atoms with van der Waals surface area (Å²) in [6.07, 6.45) is 0. The number of carboxylic acid groups (broad SMARTS) is 1. The lowest BCUT2D eigenvalue weighted by atomic mass is 10.1. The second kappa shape index (κ2) is 5.76. The highest BCUT2D eigenvalue weighted by atomic mass is 79.9. The van der Waals surface area contributed by atoms with Gasteiger partial charge in [0.1, 0.15) is 0 Å². The number of benzene rings is 1. The number of carbonyl (C=O) groups is 2. The minimum Gasteiger partial charge on any atom is -0.478 e. The van der Waals surface area contributed by atoms with Gasteiger partial charge in [0.2, 0.25) is 0 Å². The molecular formula is C14H12BrNO3S. The quantitative estimate of drug-likeness (QED) is 0.873. The number of carboxylic acids is 1. The predicted octanol–water partition coefficient (Wildman–Crippen LogP) is 4.08. The van der Waals surface area contributed by atoms with Crippen molar-refractivity contribution < 1.29 is 14.7 Å². The SMILES string of the molecule is Cc1cc(C(=O)Nc2cccc(C(=O)O)c2C)sc1Br. The highest BCUT2D eigenvalue weighted by Crippen LogP contribution is 2.28. The van der Waals surface area contributed by atoms with Crippen LogP contribution in [0, 0.1) is 13.8 Å². The summed E-state index contributed by atoms with van der Waals surface area (Å²) >= 11 is 4.72. The van der Waals surface area contributed by atoms with E-state index in [-0.39, 0.29) is 11.5 Å². The summed E-state index contributed by atoms with van der Waals surface area (Å²) in [5.41, 5.74) is 2.24. The van der Waals surface area contributed by atoms with Crippen LogP contribution in [0.5, 0.6) is 0 Å². The van der Waals surface area contributed by atoms with Crippen molar-refractivity contribution in [1.29, 1.82) is 0 Å². The Hall–Kier alpha value is -1.66. The Labute approximate surface area is 128 Å². The van der Waals surface area contributed by atoms with E-state index < -0.39 is 5.97 Å². The molecule has 1 aromatic carbocycles. The zero-order chi connectivity index (χ0) is 14.9. The van der Waals surface area contributed by atoms with Gasteiger partial charge in [0.15, 0.2) is 0 Å². The monoisotopic (exact) mass is 353 g/mol. The van der Waals surface area contributed by atoms with Crippen molar-refractivity contribution >= 4 is 44.8 Å².